The summed E-state index contributed by atoms with van der Waals surface area (Å²) in [7, 11) is 1.52. The van der Waals surface area contributed by atoms with E-state index in [1.807, 2.05) is 0 Å². The van der Waals surface area contributed by atoms with Crippen molar-refractivity contribution in [3.8, 4) is 0 Å². The number of aliphatic hydroxyl groups excluding tert-OH is 1. The normalized spacial score (nSPS) is 21.5. The van der Waals surface area contributed by atoms with Crippen LogP contribution in [0.4, 0.5) is 11.5 Å². The molecule has 0 aliphatic heterocycles. The van der Waals surface area contributed by atoms with Crippen LogP contribution in [-0.4, -0.2) is 41.0 Å². The Kier molecular flexibility index (Phi) is 4.46. The van der Waals surface area contributed by atoms with Crippen LogP contribution < -0.4 is 22.3 Å². The Morgan fingerprint density at radius 3 is 2.80 bits per heavy atom. The third kappa shape index (κ3) is 3.02. The summed E-state index contributed by atoms with van der Waals surface area (Å²) in [6.07, 6.45) is 1.19. The molecule has 1 saturated carbocycles. The Morgan fingerprint density at radius 2 is 2.20 bits per heavy atom. The highest BCUT2D eigenvalue weighted by atomic mass is 16.5. The van der Waals surface area contributed by atoms with Gasteiger partial charge in [0.2, 0.25) is 0 Å². The Labute approximate surface area is 115 Å². The Hall–Kier alpha value is -1.80. The van der Waals surface area contributed by atoms with Gasteiger partial charge in [-0.2, -0.15) is 0 Å². The maximum atomic E-state index is 11.8. The monoisotopic (exact) mass is 284 g/mol. The van der Waals surface area contributed by atoms with Crippen LogP contribution in [0.1, 0.15) is 12.8 Å². The van der Waals surface area contributed by atoms with Crippen molar-refractivity contribution < 1.29 is 9.84 Å². The summed E-state index contributed by atoms with van der Waals surface area (Å²) in [5, 5.41) is 12.2. The smallest absolute Gasteiger partial charge is 0.330 e. The first kappa shape index (κ1) is 14.6. The van der Waals surface area contributed by atoms with E-state index in [1.54, 1.807) is 0 Å². The SMILES string of the molecule is COCCn1c(N)c(NCC2CC(O)C2)c(=O)[nH]c1=O. The number of nitrogens with one attached hydrogen (secondary N) is 2. The van der Waals surface area contributed by atoms with Gasteiger partial charge in [-0.1, -0.05) is 0 Å². The van der Waals surface area contributed by atoms with Crippen molar-refractivity contribution in [1.82, 2.24) is 9.55 Å². The van der Waals surface area contributed by atoms with Gasteiger partial charge < -0.3 is 20.9 Å². The number of aromatic amines is 1. The zero-order valence-electron chi connectivity index (χ0n) is 11.4. The first-order valence-corrected chi connectivity index (χ1v) is 6.56. The van der Waals surface area contributed by atoms with Crippen molar-refractivity contribution in [3.63, 3.8) is 0 Å². The molecular formula is C12H20N4O4. The van der Waals surface area contributed by atoms with Gasteiger partial charge in [0.1, 0.15) is 11.5 Å². The number of methoxy groups -OCH3 is 1. The molecule has 5 N–H and O–H groups in total. The van der Waals surface area contributed by atoms with E-state index in [9.17, 15) is 14.7 Å². The van der Waals surface area contributed by atoms with Gasteiger partial charge in [0.05, 0.1) is 19.3 Å². The fourth-order valence-corrected chi connectivity index (χ4v) is 2.28. The van der Waals surface area contributed by atoms with E-state index < -0.39 is 11.2 Å². The number of nitrogens with two attached hydrogens (primary N) is 1. The van der Waals surface area contributed by atoms with E-state index in [0.29, 0.717) is 31.9 Å². The minimum Gasteiger partial charge on any atom is -0.393 e. The molecule has 0 atom stereocenters. The fraction of sp³-hybridized carbons (Fsp3) is 0.667. The standard InChI is InChI=1S/C12H20N4O4/c1-20-3-2-16-10(13)9(11(18)15-12(16)19)14-6-7-4-8(17)5-7/h7-8,14,17H,2-6,13H2,1H3,(H,15,18,19). The number of aliphatic hydroxyl groups is 1. The summed E-state index contributed by atoms with van der Waals surface area (Å²) < 4.78 is 6.17. The molecule has 0 spiro atoms. The number of nitrogen functional groups attached to an aromatic ring is 1. The number of nitrogens with zero attached hydrogens (tertiary/aromatic N) is 1. The molecule has 0 saturated heterocycles. The van der Waals surface area contributed by atoms with E-state index in [1.165, 1.54) is 11.7 Å². The topological polar surface area (TPSA) is 122 Å². The number of rotatable bonds is 6. The lowest BCUT2D eigenvalue weighted by Crippen LogP contribution is -2.37. The molecule has 1 heterocycles. The maximum Gasteiger partial charge on any atom is 0.330 e. The second kappa shape index (κ2) is 6.10. The van der Waals surface area contributed by atoms with Crippen molar-refractivity contribution in [2.24, 2.45) is 5.92 Å². The highest BCUT2D eigenvalue weighted by Gasteiger charge is 2.27. The highest BCUT2D eigenvalue weighted by Crippen LogP contribution is 2.27. The largest absolute Gasteiger partial charge is 0.393 e. The van der Waals surface area contributed by atoms with Gasteiger partial charge in [-0.05, 0) is 18.8 Å². The highest BCUT2D eigenvalue weighted by molar-refractivity contribution is 5.60. The van der Waals surface area contributed by atoms with E-state index >= 15 is 0 Å². The second-order valence-corrected chi connectivity index (χ2v) is 5.04. The lowest BCUT2D eigenvalue weighted by atomic mass is 9.82. The van der Waals surface area contributed by atoms with Crippen LogP contribution in [-0.2, 0) is 11.3 Å². The van der Waals surface area contributed by atoms with Gasteiger partial charge in [0.15, 0.2) is 0 Å². The molecule has 2 rings (SSSR count). The third-order valence-corrected chi connectivity index (χ3v) is 3.54. The molecule has 1 fully saturated rings. The predicted octanol–water partition coefficient (Wildman–Crippen LogP) is -1.05. The molecule has 20 heavy (non-hydrogen) atoms. The molecule has 8 nitrogen and oxygen atoms in total. The second-order valence-electron chi connectivity index (χ2n) is 5.04. The molecule has 8 heteroatoms. The average molecular weight is 284 g/mol. The van der Waals surface area contributed by atoms with Crippen molar-refractivity contribution in [3.05, 3.63) is 20.8 Å². The predicted molar refractivity (Wildman–Crippen MR) is 74.8 cm³/mol. The van der Waals surface area contributed by atoms with Gasteiger partial charge >= 0.3 is 5.69 Å². The Bertz CT molecular complexity index is 574. The molecule has 1 aliphatic rings. The first-order valence-electron chi connectivity index (χ1n) is 6.56. The Balaban J connectivity index is 2.14. The zero-order valence-corrected chi connectivity index (χ0v) is 11.4. The molecule has 1 aromatic heterocycles. The fourth-order valence-electron chi connectivity index (χ4n) is 2.28. The molecule has 0 amide bonds. The lowest BCUT2D eigenvalue weighted by molar-refractivity contribution is 0.0487. The Morgan fingerprint density at radius 1 is 1.50 bits per heavy atom. The van der Waals surface area contributed by atoms with Crippen LogP contribution in [0.2, 0.25) is 0 Å². The summed E-state index contributed by atoms with van der Waals surface area (Å²) in [5.41, 5.74) is 5.00. The molecule has 0 aromatic carbocycles. The minimum absolute atomic E-state index is 0.107. The number of ether oxygens (including phenoxy) is 1. The van der Waals surface area contributed by atoms with Crippen LogP contribution in [0.15, 0.2) is 9.59 Å². The molecule has 0 radical (unpaired) electrons. The summed E-state index contributed by atoms with van der Waals surface area (Å²) in [6.45, 7) is 1.14. The summed E-state index contributed by atoms with van der Waals surface area (Å²) in [6, 6.07) is 0. The number of anilines is 2. The van der Waals surface area contributed by atoms with Crippen LogP contribution in [0.5, 0.6) is 0 Å². The number of hydrogen-bond acceptors (Lipinski definition) is 6. The molecule has 1 aliphatic carbocycles. The van der Waals surface area contributed by atoms with Gasteiger partial charge in [-0.15, -0.1) is 0 Å². The summed E-state index contributed by atoms with van der Waals surface area (Å²) >= 11 is 0. The number of aromatic nitrogens is 2. The van der Waals surface area contributed by atoms with Gasteiger partial charge in [0.25, 0.3) is 5.56 Å². The summed E-state index contributed by atoms with van der Waals surface area (Å²) in [5.74, 6) is 0.429. The van der Waals surface area contributed by atoms with Gasteiger partial charge in [0, 0.05) is 13.7 Å². The van der Waals surface area contributed by atoms with Crippen molar-refractivity contribution in [1.29, 1.82) is 0 Å². The van der Waals surface area contributed by atoms with Gasteiger partial charge in [-0.25, -0.2) is 4.79 Å². The zero-order chi connectivity index (χ0) is 14.7. The van der Waals surface area contributed by atoms with E-state index in [4.69, 9.17) is 10.5 Å². The van der Waals surface area contributed by atoms with E-state index in [-0.39, 0.29) is 24.2 Å². The molecule has 0 unspecified atom stereocenters. The summed E-state index contributed by atoms with van der Waals surface area (Å²) in [4.78, 5) is 25.7. The van der Waals surface area contributed by atoms with Crippen molar-refractivity contribution in [2.45, 2.75) is 25.5 Å². The van der Waals surface area contributed by atoms with E-state index in [2.05, 4.69) is 10.3 Å². The third-order valence-electron chi connectivity index (χ3n) is 3.54. The first-order chi connectivity index (χ1) is 9.52. The molecule has 112 valence electrons. The van der Waals surface area contributed by atoms with Crippen LogP contribution in [0.25, 0.3) is 0 Å². The maximum absolute atomic E-state index is 11.8. The molecular weight excluding hydrogens is 264 g/mol. The van der Waals surface area contributed by atoms with Crippen LogP contribution >= 0.6 is 0 Å². The van der Waals surface area contributed by atoms with Crippen LogP contribution in [0, 0.1) is 5.92 Å². The number of H-pyrrole nitrogens is 1. The van der Waals surface area contributed by atoms with Crippen LogP contribution in [0.3, 0.4) is 0 Å². The average Bonchev–Trinajstić information content (AvgIpc) is 2.35. The van der Waals surface area contributed by atoms with E-state index in [0.717, 1.165) is 0 Å². The van der Waals surface area contributed by atoms with Crippen molar-refractivity contribution >= 4 is 11.5 Å². The van der Waals surface area contributed by atoms with Gasteiger partial charge in [-0.3, -0.25) is 14.3 Å². The minimum atomic E-state index is -0.547. The quantitative estimate of drug-likeness (QED) is 0.528. The lowest BCUT2D eigenvalue weighted by Gasteiger charge is -2.31. The molecule has 0 bridgehead atoms. The van der Waals surface area contributed by atoms with Crippen molar-refractivity contribution in [2.75, 3.05) is 31.3 Å². The number of hydrogen-bond donors (Lipinski definition) is 4. The molecule has 1 aromatic rings.